The number of anilines is 1. The Bertz CT molecular complexity index is 865. The normalized spacial score (nSPS) is 12.8. The molecule has 0 aromatic heterocycles. The van der Waals surface area contributed by atoms with Crippen molar-refractivity contribution < 1.29 is 17.6 Å². The first-order valence-corrected chi connectivity index (χ1v) is 10.2. The average molecular weight is 378 g/mol. The van der Waals surface area contributed by atoms with Gasteiger partial charge < -0.3 is 10.6 Å². The van der Waals surface area contributed by atoms with Crippen LogP contribution in [0.15, 0.2) is 53.4 Å². The molecule has 7 heteroatoms. The van der Waals surface area contributed by atoms with E-state index in [-0.39, 0.29) is 40.8 Å². The Balaban J connectivity index is 2.07. The fourth-order valence-electron chi connectivity index (χ4n) is 2.70. The van der Waals surface area contributed by atoms with E-state index in [1.807, 2.05) is 13.8 Å². The van der Waals surface area contributed by atoms with Crippen molar-refractivity contribution in [3.8, 4) is 0 Å². The van der Waals surface area contributed by atoms with E-state index in [0.29, 0.717) is 0 Å². The van der Waals surface area contributed by atoms with Crippen molar-refractivity contribution in [1.82, 2.24) is 5.32 Å². The molecule has 0 unspecified atom stereocenters. The van der Waals surface area contributed by atoms with Gasteiger partial charge in [-0.2, -0.15) is 0 Å². The molecule has 140 valence electrons. The molecule has 0 fully saturated rings. The fourth-order valence-corrected chi connectivity index (χ4v) is 3.54. The van der Waals surface area contributed by atoms with Gasteiger partial charge in [-0.05, 0) is 35.7 Å². The number of sulfone groups is 1. The summed E-state index contributed by atoms with van der Waals surface area (Å²) >= 11 is 0. The van der Waals surface area contributed by atoms with E-state index in [1.165, 1.54) is 18.2 Å². The van der Waals surface area contributed by atoms with Gasteiger partial charge in [0, 0.05) is 12.3 Å². The number of carbonyl (C=O) groups is 1. The van der Waals surface area contributed by atoms with E-state index in [0.717, 1.165) is 11.8 Å². The predicted octanol–water partition coefficient (Wildman–Crippen LogP) is 3.15. The Morgan fingerprint density at radius 1 is 1.08 bits per heavy atom. The van der Waals surface area contributed by atoms with Gasteiger partial charge >= 0.3 is 0 Å². The lowest BCUT2D eigenvalue weighted by atomic mass is 9.96. The van der Waals surface area contributed by atoms with Crippen LogP contribution in [0.3, 0.4) is 0 Å². The summed E-state index contributed by atoms with van der Waals surface area (Å²) < 4.78 is 36.7. The zero-order valence-corrected chi connectivity index (χ0v) is 15.8. The third-order valence-corrected chi connectivity index (χ3v) is 5.09. The van der Waals surface area contributed by atoms with Crippen LogP contribution in [0.1, 0.15) is 25.5 Å². The molecule has 5 nitrogen and oxygen atoms in total. The van der Waals surface area contributed by atoms with Gasteiger partial charge in [0.05, 0.1) is 17.1 Å². The van der Waals surface area contributed by atoms with Crippen LogP contribution in [0.25, 0.3) is 0 Å². The van der Waals surface area contributed by atoms with E-state index < -0.39 is 9.84 Å². The van der Waals surface area contributed by atoms with E-state index in [2.05, 4.69) is 10.6 Å². The van der Waals surface area contributed by atoms with Gasteiger partial charge in [-0.3, -0.25) is 4.79 Å². The van der Waals surface area contributed by atoms with Crippen molar-refractivity contribution in [1.29, 1.82) is 0 Å². The summed E-state index contributed by atoms with van der Waals surface area (Å²) in [6, 6.07) is 12.3. The lowest BCUT2D eigenvalue weighted by molar-refractivity contribution is -0.115. The second-order valence-electron chi connectivity index (χ2n) is 6.47. The minimum Gasteiger partial charge on any atom is -0.324 e. The van der Waals surface area contributed by atoms with Gasteiger partial charge in [-0.25, -0.2) is 12.8 Å². The van der Waals surface area contributed by atoms with Gasteiger partial charge in [0.15, 0.2) is 9.84 Å². The Morgan fingerprint density at radius 3 is 2.27 bits per heavy atom. The highest BCUT2D eigenvalue weighted by molar-refractivity contribution is 7.90. The van der Waals surface area contributed by atoms with Gasteiger partial charge in [0.25, 0.3) is 0 Å². The summed E-state index contributed by atoms with van der Waals surface area (Å²) in [5.41, 5.74) is 1.13. The van der Waals surface area contributed by atoms with Gasteiger partial charge in [-0.1, -0.05) is 38.1 Å². The molecule has 26 heavy (non-hydrogen) atoms. The zero-order chi connectivity index (χ0) is 19.3. The molecule has 2 rings (SSSR count). The number of amides is 1. The fraction of sp³-hybridized carbons (Fsp3) is 0.316. The van der Waals surface area contributed by atoms with Crippen LogP contribution in [0, 0.1) is 11.7 Å². The van der Waals surface area contributed by atoms with Gasteiger partial charge in [0.2, 0.25) is 5.91 Å². The highest BCUT2D eigenvalue weighted by atomic mass is 32.2. The molecule has 0 spiro atoms. The minimum atomic E-state index is -3.44. The van der Waals surface area contributed by atoms with Crippen LogP contribution in [0.2, 0.25) is 0 Å². The van der Waals surface area contributed by atoms with E-state index >= 15 is 0 Å². The van der Waals surface area contributed by atoms with Crippen molar-refractivity contribution in [2.24, 2.45) is 5.92 Å². The first-order chi connectivity index (χ1) is 12.2. The lowest BCUT2D eigenvalue weighted by Gasteiger charge is -2.23. The molecule has 1 amide bonds. The zero-order valence-electron chi connectivity index (χ0n) is 15.0. The monoisotopic (exact) mass is 378 g/mol. The first kappa shape index (κ1) is 20.1. The average Bonchev–Trinajstić information content (AvgIpc) is 2.56. The maximum Gasteiger partial charge on any atom is 0.238 e. The second-order valence-corrected chi connectivity index (χ2v) is 8.45. The van der Waals surface area contributed by atoms with Crippen LogP contribution < -0.4 is 10.6 Å². The molecule has 0 bridgehead atoms. The predicted molar refractivity (Wildman–Crippen MR) is 100 cm³/mol. The molecule has 1 atom stereocenters. The molecule has 0 radical (unpaired) electrons. The molecule has 2 N–H and O–H groups in total. The number of halogens is 1. The number of benzene rings is 2. The summed E-state index contributed by atoms with van der Waals surface area (Å²) in [5, 5.41) is 5.78. The van der Waals surface area contributed by atoms with Crippen LogP contribution in [-0.2, 0) is 14.6 Å². The van der Waals surface area contributed by atoms with Gasteiger partial charge in [0.1, 0.15) is 5.82 Å². The molecule has 0 saturated heterocycles. The molecule has 2 aromatic carbocycles. The van der Waals surface area contributed by atoms with Gasteiger partial charge in [-0.15, -0.1) is 0 Å². The summed E-state index contributed by atoms with van der Waals surface area (Å²) in [6.07, 6.45) is 1.10. The molecule has 2 aromatic rings. The molecule has 0 saturated carbocycles. The molecule has 0 aliphatic rings. The topological polar surface area (TPSA) is 75.3 Å². The second kappa shape index (κ2) is 8.42. The van der Waals surface area contributed by atoms with Crippen molar-refractivity contribution in [2.75, 3.05) is 18.1 Å². The molecule has 0 aliphatic heterocycles. The van der Waals surface area contributed by atoms with Crippen molar-refractivity contribution >= 4 is 21.4 Å². The van der Waals surface area contributed by atoms with Crippen LogP contribution in [0.4, 0.5) is 10.1 Å². The number of para-hydroxylation sites is 1. The van der Waals surface area contributed by atoms with Crippen molar-refractivity contribution in [2.45, 2.75) is 24.8 Å². The van der Waals surface area contributed by atoms with Crippen LogP contribution in [0.5, 0.6) is 0 Å². The number of rotatable bonds is 7. The SMILES string of the molecule is CC(C)[C@@H](NCC(=O)Nc1ccccc1S(C)(=O)=O)c1ccc(F)cc1. The Hall–Kier alpha value is -2.25. The minimum absolute atomic E-state index is 0.00167. The Morgan fingerprint density at radius 2 is 1.69 bits per heavy atom. The van der Waals surface area contributed by atoms with Crippen LogP contribution in [-0.4, -0.2) is 27.1 Å². The molecular formula is C19H23FN2O3S. The highest BCUT2D eigenvalue weighted by Crippen LogP contribution is 2.22. The third-order valence-electron chi connectivity index (χ3n) is 3.94. The quantitative estimate of drug-likeness (QED) is 0.776. The summed E-state index contributed by atoms with van der Waals surface area (Å²) in [6.45, 7) is 3.99. The maximum absolute atomic E-state index is 13.1. The Labute approximate surface area is 153 Å². The summed E-state index contributed by atoms with van der Waals surface area (Å²) in [4.78, 5) is 12.4. The Kier molecular flexibility index (Phi) is 6.50. The number of hydrogen-bond donors (Lipinski definition) is 2. The number of hydrogen-bond acceptors (Lipinski definition) is 4. The van der Waals surface area contributed by atoms with Crippen molar-refractivity contribution in [3.63, 3.8) is 0 Å². The van der Waals surface area contributed by atoms with E-state index in [4.69, 9.17) is 0 Å². The van der Waals surface area contributed by atoms with E-state index in [9.17, 15) is 17.6 Å². The smallest absolute Gasteiger partial charge is 0.238 e. The third kappa shape index (κ3) is 5.37. The number of carbonyl (C=O) groups excluding carboxylic acids is 1. The van der Waals surface area contributed by atoms with Crippen LogP contribution >= 0.6 is 0 Å². The summed E-state index contributed by atoms with van der Waals surface area (Å²) in [7, 11) is -3.44. The first-order valence-electron chi connectivity index (χ1n) is 8.26. The maximum atomic E-state index is 13.1. The molecule has 0 heterocycles. The number of nitrogens with one attached hydrogen (secondary N) is 2. The largest absolute Gasteiger partial charge is 0.324 e. The molecule has 0 aliphatic carbocycles. The summed E-state index contributed by atoms with van der Waals surface area (Å²) in [5.74, 6) is -0.489. The van der Waals surface area contributed by atoms with Crippen molar-refractivity contribution in [3.05, 3.63) is 59.9 Å². The molecular weight excluding hydrogens is 355 g/mol. The standard InChI is InChI=1S/C19H23FN2O3S/c1-13(2)19(14-8-10-15(20)11-9-14)21-12-18(23)22-16-6-4-5-7-17(16)26(3,24)25/h4-11,13,19,21H,12H2,1-3H3,(H,22,23)/t19-/m1/s1. The van der Waals surface area contributed by atoms with E-state index in [1.54, 1.807) is 30.3 Å². The highest BCUT2D eigenvalue weighted by Gasteiger charge is 2.18. The lowest BCUT2D eigenvalue weighted by Crippen LogP contribution is -2.33.